The summed E-state index contributed by atoms with van der Waals surface area (Å²) in [5.74, 6) is 0.564. The smallest absolute Gasteiger partial charge is 0.290 e. The second kappa shape index (κ2) is 2.77. The third kappa shape index (κ3) is 1.64. The lowest BCUT2D eigenvalue weighted by atomic mass is 10.3. The van der Waals surface area contributed by atoms with E-state index in [4.69, 9.17) is 0 Å². The molecule has 0 aromatic carbocycles. The van der Waals surface area contributed by atoms with E-state index in [-0.39, 0.29) is 11.7 Å². The van der Waals surface area contributed by atoms with Crippen molar-refractivity contribution in [2.45, 2.75) is 6.42 Å². The zero-order chi connectivity index (χ0) is 6.69. The highest BCUT2D eigenvalue weighted by Crippen LogP contribution is 2.14. The van der Waals surface area contributed by atoms with Gasteiger partial charge in [0.15, 0.2) is 0 Å². The first-order valence-corrected chi connectivity index (χ1v) is 3.39. The standard InChI is InChI=1S/C5H4NO2S/c7-2-1-4-3-9-5(8)6-4/h1,3H2. The second-order valence-electron chi connectivity index (χ2n) is 1.55. The average Bonchev–Trinajstić information content (AvgIpc) is 2.17. The van der Waals surface area contributed by atoms with E-state index in [1.54, 1.807) is 6.29 Å². The molecule has 1 aliphatic heterocycles. The van der Waals surface area contributed by atoms with E-state index in [0.717, 1.165) is 11.8 Å². The Bertz CT molecular complexity index is 176. The molecule has 3 nitrogen and oxygen atoms in total. The molecular formula is C5H4NO2S. The van der Waals surface area contributed by atoms with Gasteiger partial charge >= 0.3 is 5.24 Å². The predicted octanol–water partition coefficient (Wildman–Crippen LogP) is 0.794. The van der Waals surface area contributed by atoms with Crippen molar-refractivity contribution in [3.8, 4) is 0 Å². The molecule has 1 heterocycles. The monoisotopic (exact) mass is 142 g/mol. The summed E-state index contributed by atoms with van der Waals surface area (Å²) in [6.45, 7) is 0. The summed E-state index contributed by atoms with van der Waals surface area (Å²) in [4.78, 5) is 23.7. The number of carbonyl (C=O) groups is 1. The number of rotatable bonds is 2. The first-order chi connectivity index (χ1) is 4.33. The van der Waals surface area contributed by atoms with Gasteiger partial charge in [-0.25, -0.2) is 4.99 Å². The molecule has 9 heavy (non-hydrogen) atoms. The summed E-state index contributed by atoms with van der Waals surface area (Å²) in [6.07, 6.45) is 1.86. The maximum Gasteiger partial charge on any atom is 0.305 e. The van der Waals surface area contributed by atoms with Crippen molar-refractivity contribution < 1.29 is 9.59 Å². The van der Waals surface area contributed by atoms with Gasteiger partial charge in [-0.15, -0.1) is 0 Å². The van der Waals surface area contributed by atoms with E-state index in [0.29, 0.717) is 11.5 Å². The lowest BCUT2D eigenvalue weighted by Crippen LogP contribution is -1.96. The minimum Gasteiger partial charge on any atom is -0.290 e. The maximum absolute atomic E-state index is 10.4. The molecule has 0 aliphatic carbocycles. The van der Waals surface area contributed by atoms with Gasteiger partial charge in [0.2, 0.25) is 6.29 Å². The van der Waals surface area contributed by atoms with E-state index in [9.17, 15) is 9.59 Å². The highest BCUT2D eigenvalue weighted by Gasteiger charge is 2.13. The van der Waals surface area contributed by atoms with Crippen LogP contribution >= 0.6 is 11.8 Å². The zero-order valence-electron chi connectivity index (χ0n) is 4.59. The fourth-order valence-electron chi connectivity index (χ4n) is 0.513. The molecule has 4 heteroatoms. The van der Waals surface area contributed by atoms with Crippen molar-refractivity contribution in [3.05, 3.63) is 0 Å². The van der Waals surface area contributed by atoms with Gasteiger partial charge in [0, 0.05) is 11.5 Å². The fourth-order valence-corrected chi connectivity index (χ4v) is 1.16. The lowest BCUT2D eigenvalue weighted by Gasteiger charge is -1.82. The minimum atomic E-state index is -0.194. The molecule has 0 spiro atoms. The largest absolute Gasteiger partial charge is 0.305 e. The molecule has 0 atom stereocenters. The van der Waals surface area contributed by atoms with Crippen LogP contribution in [0.25, 0.3) is 0 Å². The molecule has 1 rings (SSSR count). The number of hydrogen-bond acceptors (Lipinski definition) is 3. The van der Waals surface area contributed by atoms with Crippen LogP contribution in [-0.2, 0) is 4.79 Å². The second-order valence-corrected chi connectivity index (χ2v) is 2.48. The van der Waals surface area contributed by atoms with E-state index < -0.39 is 0 Å². The highest BCUT2D eigenvalue weighted by molar-refractivity contribution is 8.14. The molecule has 0 saturated carbocycles. The van der Waals surface area contributed by atoms with Crippen LogP contribution in [0.3, 0.4) is 0 Å². The number of nitrogens with zero attached hydrogens (tertiary/aromatic N) is 1. The Morgan fingerprint density at radius 3 is 3.00 bits per heavy atom. The Labute approximate surface area is 56.5 Å². The third-order valence-corrected chi connectivity index (χ3v) is 1.70. The van der Waals surface area contributed by atoms with Gasteiger partial charge in [-0.3, -0.25) is 9.59 Å². The van der Waals surface area contributed by atoms with Crippen molar-refractivity contribution in [1.29, 1.82) is 0 Å². The molecule has 0 bridgehead atoms. The van der Waals surface area contributed by atoms with Crippen LogP contribution in [0, 0.1) is 0 Å². The molecule has 0 fully saturated rings. The van der Waals surface area contributed by atoms with Gasteiger partial charge in [-0.2, -0.15) is 0 Å². The lowest BCUT2D eigenvalue weighted by molar-refractivity contribution is 0.268. The number of thioether (sulfide) groups is 1. The Morgan fingerprint density at radius 2 is 2.56 bits per heavy atom. The topological polar surface area (TPSA) is 46.5 Å². The number of hydrogen-bond donors (Lipinski definition) is 0. The Morgan fingerprint density at radius 1 is 1.78 bits per heavy atom. The van der Waals surface area contributed by atoms with E-state index in [1.807, 2.05) is 0 Å². The Kier molecular flexibility index (Phi) is 2.00. The van der Waals surface area contributed by atoms with Gasteiger partial charge in [0.05, 0.1) is 6.42 Å². The van der Waals surface area contributed by atoms with E-state index >= 15 is 0 Å². The number of amides is 1. The third-order valence-electron chi connectivity index (χ3n) is 0.888. The summed E-state index contributed by atoms with van der Waals surface area (Å²) in [5.41, 5.74) is 0.639. The van der Waals surface area contributed by atoms with Crippen LogP contribution in [0.15, 0.2) is 4.99 Å². The molecule has 1 radical (unpaired) electrons. The first kappa shape index (κ1) is 6.48. The van der Waals surface area contributed by atoms with Crippen LogP contribution < -0.4 is 0 Å². The summed E-state index contributed by atoms with van der Waals surface area (Å²) >= 11 is 1.12. The van der Waals surface area contributed by atoms with Gasteiger partial charge in [0.25, 0.3) is 0 Å². The molecule has 0 aromatic rings. The van der Waals surface area contributed by atoms with Gasteiger partial charge in [-0.05, 0) is 0 Å². The number of carbonyl (C=O) groups excluding carboxylic acids is 2. The van der Waals surface area contributed by atoms with Gasteiger partial charge in [0.1, 0.15) is 0 Å². The molecule has 0 saturated heterocycles. The number of aliphatic imine (C=N–C) groups is 1. The molecule has 0 N–H and O–H groups in total. The van der Waals surface area contributed by atoms with Gasteiger partial charge in [-0.1, -0.05) is 11.8 Å². The maximum atomic E-state index is 10.4. The summed E-state index contributed by atoms with van der Waals surface area (Å²) in [6, 6.07) is 0. The Balaban J connectivity index is 2.51. The van der Waals surface area contributed by atoms with Crippen molar-refractivity contribution in [2.24, 2.45) is 4.99 Å². The van der Waals surface area contributed by atoms with Crippen LogP contribution in [0.4, 0.5) is 4.79 Å². The van der Waals surface area contributed by atoms with Crippen LogP contribution in [0.1, 0.15) is 6.42 Å². The summed E-state index contributed by atoms with van der Waals surface area (Å²) in [5, 5.41) is -0.194. The van der Waals surface area contributed by atoms with Gasteiger partial charge < -0.3 is 0 Å². The summed E-state index contributed by atoms with van der Waals surface area (Å²) < 4.78 is 0. The van der Waals surface area contributed by atoms with Crippen LogP contribution in [-0.4, -0.2) is 23.0 Å². The van der Waals surface area contributed by atoms with Crippen molar-refractivity contribution >= 4 is 29.0 Å². The first-order valence-electron chi connectivity index (χ1n) is 2.41. The van der Waals surface area contributed by atoms with Crippen molar-refractivity contribution in [3.63, 3.8) is 0 Å². The molecule has 1 aliphatic rings. The predicted molar refractivity (Wildman–Crippen MR) is 35.6 cm³/mol. The van der Waals surface area contributed by atoms with Crippen molar-refractivity contribution in [1.82, 2.24) is 0 Å². The quantitative estimate of drug-likeness (QED) is 0.572. The average molecular weight is 142 g/mol. The van der Waals surface area contributed by atoms with Crippen molar-refractivity contribution in [2.75, 3.05) is 5.75 Å². The van der Waals surface area contributed by atoms with Crippen LogP contribution in [0.2, 0.25) is 0 Å². The molecule has 0 unspecified atom stereocenters. The molecule has 47 valence electrons. The summed E-state index contributed by atoms with van der Waals surface area (Å²) in [7, 11) is 0. The highest BCUT2D eigenvalue weighted by atomic mass is 32.2. The molecule has 0 aromatic heterocycles. The zero-order valence-corrected chi connectivity index (χ0v) is 5.40. The molecular weight excluding hydrogens is 138 g/mol. The SMILES string of the molecule is O=[C]CC1=NC(=O)SC1. The minimum absolute atomic E-state index is 0.179. The Hall–Kier alpha value is -0.640. The van der Waals surface area contributed by atoms with E-state index in [1.165, 1.54) is 0 Å². The normalized spacial score (nSPS) is 17.8. The fraction of sp³-hybridized carbons (Fsp3) is 0.400. The van der Waals surface area contributed by atoms with Crippen LogP contribution in [0.5, 0.6) is 0 Å². The molecule has 1 amide bonds. The van der Waals surface area contributed by atoms with E-state index in [2.05, 4.69) is 4.99 Å².